The maximum atomic E-state index is 6.18. The molecule has 0 spiro atoms. The summed E-state index contributed by atoms with van der Waals surface area (Å²) in [5, 5.41) is 4.51. The van der Waals surface area contributed by atoms with E-state index in [0.29, 0.717) is 0 Å². The average molecular weight is 425 g/mol. The zero-order chi connectivity index (χ0) is 21.8. The van der Waals surface area contributed by atoms with Gasteiger partial charge in [-0.2, -0.15) is 0 Å². The topological polar surface area (TPSA) is 29.5 Å². The molecule has 156 valence electrons. The van der Waals surface area contributed by atoms with Crippen LogP contribution in [0.1, 0.15) is 0 Å². The van der Waals surface area contributed by atoms with E-state index in [9.17, 15) is 0 Å². The highest BCUT2D eigenvalue weighted by Crippen LogP contribution is 2.40. The van der Waals surface area contributed by atoms with Crippen LogP contribution in [0.25, 0.3) is 43.9 Å². The van der Waals surface area contributed by atoms with Crippen molar-refractivity contribution in [2.45, 2.75) is 0 Å². The third kappa shape index (κ3) is 2.83. The van der Waals surface area contributed by atoms with Crippen molar-refractivity contribution in [2.24, 2.45) is 0 Å². The molecule has 0 radical (unpaired) electrons. The van der Waals surface area contributed by atoms with Gasteiger partial charge in [-0.3, -0.25) is 0 Å². The number of para-hydroxylation sites is 3. The van der Waals surface area contributed by atoms with Crippen molar-refractivity contribution in [1.29, 1.82) is 0 Å². The molecule has 0 amide bonds. The summed E-state index contributed by atoms with van der Waals surface area (Å²) in [6.45, 7) is 0. The second-order valence-electron chi connectivity index (χ2n) is 8.23. The van der Waals surface area contributed by atoms with Gasteiger partial charge < -0.3 is 13.7 Å². The minimum atomic E-state index is 0.874. The van der Waals surface area contributed by atoms with E-state index in [1.807, 2.05) is 42.5 Å². The number of furan rings is 2. The smallest absolute Gasteiger partial charge is 0.137 e. The quantitative estimate of drug-likeness (QED) is 0.283. The normalized spacial score (nSPS) is 11.6. The lowest BCUT2D eigenvalue weighted by atomic mass is 10.1. The third-order valence-corrected chi connectivity index (χ3v) is 6.26. The van der Waals surface area contributed by atoms with Crippen LogP contribution in [0, 0.1) is 0 Å². The van der Waals surface area contributed by atoms with E-state index in [2.05, 4.69) is 77.7 Å². The van der Waals surface area contributed by atoms with Crippen molar-refractivity contribution in [2.75, 3.05) is 4.90 Å². The predicted molar refractivity (Wildman–Crippen MR) is 136 cm³/mol. The highest BCUT2D eigenvalue weighted by atomic mass is 16.3. The van der Waals surface area contributed by atoms with Gasteiger partial charge in [-0.1, -0.05) is 54.6 Å². The van der Waals surface area contributed by atoms with Gasteiger partial charge in [0.15, 0.2) is 0 Å². The van der Waals surface area contributed by atoms with Crippen LogP contribution in [-0.4, -0.2) is 0 Å². The lowest BCUT2D eigenvalue weighted by molar-refractivity contribution is 0.669. The van der Waals surface area contributed by atoms with Crippen molar-refractivity contribution in [3.05, 3.63) is 115 Å². The van der Waals surface area contributed by atoms with Crippen LogP contribution in [0.2, 0.25) is 0 Å². The molecule has 0 atom stereocenters. The molecule has 33 heavy (non-hydrogen) atoms. The van der Waals surface area contributed by atoms with E-state index >= 15 is 0 Å². The minimum Gasteiger partial charge on any atom is -0.456 e. The molecule has 0 aliphatic rings. The molecule has 0 bridgehead atoms. The highest BCUT2D eigenvalue weighted by Gasteiger charge is 2.17. The molecule has 0 aliphatic heterocycles. The SMILES string of the molecule is c1ccc(N(c2ccc3c(c2)oc2ccccc23)c2ccc3c(c2)oc2ccccc23)cc1. The highest BCUT2D eigenvalue weighted by molar-refractivity contribution is 6.07. The number of rotatable bonds is 3. The molecule has 2 heterocycles. The van der Waals surface area contributed by atoms with Crippen LogP contribution < -0.4 is 4.90 Å². The summed E-state index contributed by atoms with van der Waals surface area (Å²) in [4.78, 5) is 2.24. The van der Waals surface area contributed by atoms with Gasteiger partial charge in [0.05, 0.1) is 0 Å². The van der Waals surface area contributed by atoms with Gasteiger partial charge in [0.25, 0.3) is 0 Å². The summed E-state index contributed by atoms with van der Waals surface area (Å²) in [5.41, 5.74) is 6.69. The number of nitrogens with zero attached hydrogens (tertiary/aromatic N) is 1. The standard InChI is InChI=1S/C30H19NO2/c1-2-8-20(9-3-1)31(21-14-16-25-23-10-4-6-12-27(23)32-29(25)18-21)22-15-17-26-24-11-5-7-13-28(24)33-30(26)19-22/h1-19H. The fourth-order valence-corrected chi connectivity index (χ4v) is 4.73. The predicted octanol–water partition coefficient (Wildman–Crippen LogP) is 8.96. The van der Waals surface area contributed by atoms with Gasteiger partial charge >= 0.3 is 0 Å². The molecular formula is C30H19NO2. The van der Waals surface area contributed by atoms with Crippen LogP contribution in [-0.2, 0) is 0 Å². The molecule has 0 saturated carbocycles. The first-order chi connectivity index (χ1) is 16.3. The minimum absolute atomic E-state index is 0.874. The van der Waals surface area contributed by atoms with Crippen molar-refractivity contribution in [1.82, 2.24) is 0 Å². The van der Waals surface area contributed by atoms with Gasteiger partial charge in [-0.15, -0.1) is 0 Å². The molecular weight excluding hydrogens is 406 g/mol. The summed E-state index contributed by atoms with van der Waals surface area (Å²) in [5.74, 6) is 0. The lowest BCUT2D eigenvalue weighted by Crippen LogP contribution is -2.09. The first-order valence-electron chi connectivity index (χ1n) is 11.0. The van der Waals surface area contributed by atoms with Gasteiger partial charge in [0.1, 0.15) is 22.3 Å². The van der Waals surface area contributed by atoms with Crippen LogP contribution in [0.3, 0.4) is 0 Å². The Morgan fingerprint density at radius 2 is 0.818 bits per heavy atom. The van der Waals surface area contributed by atoms with Gasteiger partial charge in [0.2, 0.25) is 0 Å². The average Bonchev–Trinajstić information content (AvgIpc) is 3.42. The number of hydrogen-bond donors (Lipinski definition) is 0. The molecule has 0 N–H and O–H groups in total. The molecule has 7 rings (SSSR count). The van der Waals surface area contributed by atoms with E-state index in [4.69, 9.17) is 8.83 Å². The monoisotopic (exact) mass is 425 g/mol. The third-order valence-electron chi connectivity index (χ3n) is 6.26. The Morgan fingerprint density at radius 3 is 1.36 bits per heavy atom. The number of anilines is 3. The molecule has 0 aliphatic carbocycles. The Kier molecular flexibility index (Phi) is 3.84. The van der Waals surface area contributed by atoms with Gasteiger partial charge in [-0.25, -0.2) is 0 Å². The lowest BCUT2D eigenvalue weighted by Gasteiger charge is -2.25. The van der Waals surface area contributed by atoms with Crippen LogP contribution in [0.15, 0.2) is 124 Å². The fourth-order valence-electron chi connectivity index (χ4n) is 4.73. The van der Waals surface area contributed by atoms with E-state index < -0.39 is 0 Å². The molecule has 0 fully saturated rings. The fraction of sp³-hybridized carbons (Fsp3) is 0. The number of hydrogen-bond acceptors (Lipinski definition) is 3. The zero-order valence-corrected chi connectivity index (χ0v) is 17.7. The zero-order valence-electron chi connectivity index (χ0n) is 17.7. The van der Waals surface area contributed by atoms with Crippen molar-refractivity contribution in [3.63, 3.8) is 0 Å². The Hall–Kier alpha value is -4.50. The van der Waals surface area contributed by atoms with Crippen molar-refractivity contribution in [3.8, 4) is 0 Å². The molecule has 0 unspecified atom stereocenters. The maximum Gasteiger partial charge on any atom is 0.137 e. The first kappa shape index (κ1) is 18.1. The molecule has 3 heteroatoms. The summed E-state index contributed by atoms with van der Waals surface area (Å²) in [7, 11) is 0. The summed E-state index contributed by atoms with van der Waals surface area (Å²) >= 11 is 0. The summed E-state index contributed by atoms with van der Waals surface area (Å²) in [6, 6.07) is 39.5. The van der Waals surface area contributed by atoms with Crippen molar-refractivity contribution >= 4 is 60.9 Å². The maximum absolute atomic E-state index is 6.18. The molecule has 3 nitrogen and oxygen atoms in total. The Labute approximate surface area is 190 Å². The largest absolute Gasteiger partial charge is 0.456 e. The van der Waals surface area contributed by atoms with Crippen LogP contribution >= 0.6 is 0 Å². The van der Waals surface area contributed by atoms with Crippen molar-refractivity contribution < 1.29 is 8.83 Å². The Balaban J connectivity index is 1.45. The second kappa shape index (κ2) is 7.01. The second-order valence-corrected chi connectivity index (χ2v) is 8.23. The number of fused-ring (bicyclic) bond motifs is 6. The Morgan fingerprint density at radius 1 is 0.364 bits per heavy atom. The summed E-state index contributed by atoms with van der Waals surface area (Å²) in [6.07, 6.45) is 0. The molecule has 2 aromatic heterocycles. The van der Waals surface area contributed by atoms with E-state index in [1.165, 1.54) is 0 Å². The van der Waals surface area contributed by atoms with E-state index in [0.717, 1.165) is 60.9 Å². The van der Waals surface area contributed by atoms with Crippen LogP contribution in [0.4, 0.5) is 17.1 Å². The number of benzene rings is 5. The van der Waals surface area contributed by atoms with E-state index in [1.54, 1.807) is 0 Å². The Bertz CT molecular complexity index is 1660. The first-order valence-corrected chi connectivity index (χ1v) is 11.0. The molecule has 5 aromatic carbocycles. The van der Waals surface area contributed by atoms with Crippen LogP contribution in [0.5, 0.6) is 0 Å². The summed E-state index contributed by atoms with van der Waals surface area (Å²) < 4.78 is 12.4. The van der Waals surface area contributed by atoms with Gasteiger partial charge in [-0.05, 0) is 48.5 Å². The molecule has 7 aromatic rings. The van der Waals surface area contributed by atoms with E-state index in [-0.39, 0.29) is 0 Å². The molecule has 0 saturated heterocycles. The van der Waals surface area contributed by atoms with Gasteiger partial charge in [0, 0.05) is 50.7 Å².